The second-order valence-electron chi connectivity index (χ2n) is 2.54. The van der Waals surface area contributed by atoms with Crippen molar-refractivity contribution in [2.75, 3.05) is 0 Å². The molecule has 0 amide bonds. The number of fused-ring (bicyclic) bond motifs is 1. The van der Waals surface area contributed by atoms with Gasteiger partial charge in [-0.25, -0.2) is 0 Å². The van der Waals surface area contributed by atoms with E-state index in [-0.39, 0.29) is 5.84 Å². The average molecular weight is 169 g/mol. The lowest BCUT2D eigenvalue weighted by Crippen LogP contribution is -2.82. The molecule has 2 rings (SSSR count). The van der Waals surface area contributed by atoms with Crippen LogP contribution >= 0.6 is 0 Å². The second-order valence-corrected chi connectivity index (χ2v) is 2.54. The Kier molecular flexibility index (Phi) is 1.62. The molecule has 0 aromatic heterocycles. The Morgan fingerprint density at radius 1 is 1.25 bits per heavy atom. The summed E-state index contributed by atoms with van der Waals surface area (Å²) < 4.78 is 24.3. The molecule has 0 atom stereocenters. The Labute approximate surface area is 67.9 Å². The van der Waals surface area contributed by atoms with Crippen LogP contribution in [-0.4, -0.2) is 12.3 Å². The Bertz CT molecular complexity index is 334. The second kappa shape index (κ2) is 2.64. The van der Waals surface area contributed by atoms with Crippen molar-refractivity contribution in [3.8, 4) is 0 Å². The minimum Gasteiger partial charge on any atom is -0.262 e. The van der Waals surface area contributed by atoms with E-state index in [0.717, 1.165) is 5.69 Å². The van der Waals surface area contributed by atoms with Gasteiger partial charge in [0.25, 0.3) is 5.84 Å². The van der Waals surface area contributed by atoms with Crippen molar-refractivity contribution >= 4 is 17.2 Å². The van der Waals surface area contributed by atoms with Gasteiger partial charge in [-0.05, 0) is 6.07 Å². The fourth-order valence-corrected chi connectivity index (χ4v) is 1.15. The number of hydrogen-bond donors (Lipinski definition) is 1. The summed E-state index contributed by atoms with van der Waals surface area (Å²) in [5.74, 6) is -0.142. The Balaban J connectivity index is 2.35. The molecule has 0 saturated heterocycles. The SMILES string of the molecule is FC(F)C1=Nc2ccccc2[NH2+]1. The van der Waals surface area contributed by atoms with Crippen LogP contribution in [0.2, 0.25) is 0 Å². The number of hydrogen-bond acceptors (Lipinski definition) is 1. The van der Waals surface area contributed by atoms with E-state index in [0.29, 0.717) is 5.69 Å². The number of para-hydroxylation sites is 2. The van der Waals surface area contributed by atoms with Crippen LogP contribution in [0.15, 0.2) is 29.3 Å². The molecular formula is C8H7F2N2+. The number of alkyl halides is 2. The number of rotatable bonds is 1. The molecule has 1 aromatic carbocycles. The van der Waals surface area contributed by atoms with Crippen LogP contribution < -0.4 is 5.32 Å². The van der Waals surface area contributed by atoms with Gasteiger partial charge in [-0.15, -0.1) is 0 Å². The van der Waals surface area contributed by atoms with E-state index in [1.165, 1.54) is 5.32 Å². The summed E-state index contributed by atoms with van der Waals surface area (Å²) in [7, 11) is 0. The molecule has 1 aromatic rings. The highest BCUT2D eigenvalue weighted by atomic mass is 19.3. The number of halogens is 2. The molecule has 0 bridgehead atoms. The third kappa shape index (κ3) is 1.10. The van der Waals surface area contributed by atoms with Gasteiger partial charge in [0.1, 0.15) is 5.69 Å². The first-order chi connectivity index (χ1) is 5.77. The number of benzene rings is 1. The van der Waals surface area contributed by atoms with Crippen LogP contribution in [0.3, 0.4) is 0 Å². The van der Waals surface area contributed by atoms with Crippen molar-refractivity contribution in [2.24, 2.45) is 4.99 Å². The van der Waals surface area contributed by atoms with E-state index >= 15 is 0 Å². The van der Waals surface area contributed by atoms with E-state index in [2.05, 4.69) is 4.99 Å². The van der Waals surface area contributed by atoms with Crippen molar-refractivity contribution in [3.05, 3.63) is 24.3 Å². The van der Waals surface area contributed by atoms with Crippen LogP contribution in [0.5, 0.6) is 0 Å². The molecule has 2 N–H and O–H groups in total. The van der Waals surface area contributed by atoms with Gasteiger partial charge in [-0.1, -0.05) is 12.1 Å². The van der Waals surface area contributed by atoms with Crippen LogP contribution in [0.25, 0.3) is 0 Å². The zero-order valence-electron chi connectivity index (χ0n) is 6.17. The number of amidine groups is 1. The highest BCUT2D eigenvalue weighted by Gasteiger charge is 2.25. The number of nitrogens with two attached hydrogens (primary N) is 1. The maximum atomic E-state index is 12.1. The average Bonchev–Trinajstić information content (AvgIpc) is 2.46. The predicted molar refractivity (Wildman–Crippen MR) is 41.1 cm³/mol. The van der Waals surface area contributed by atoms with Gasteiger partial charge in [0.15, 0.2) is 5.69 Å². The highest BCUT2D eigenvalue weighted by Crippen LogP contribution is 2.23. The van der Waals surface area contributed by atoms with Gasteiger partial charge in [0.2, 0.25) is 0 Å². The third-order valence-electron chi connectivity index (χ3n) is 1.71. The molecule has 0 aliphatic carbocycles. The van der Waals surface area contributed by atoms with E-state index < -0.39 is 6.43 Å². The summed E-state index contributed by atoms with van der Waals surface area (Å²) in [4.78, 5) is 3.76. The smallest absolute Gasteiger partial charge is 0.262 e. The van der Waals surface area contributed by atoms with E-state index in [1.54, 1.807) is 24.3 Å². The van der Waals surface area contributed by atoms with Crippen LogP contribution in [-0.2, 0) is 0 Å². The van der Waals surface area contributed by atoms with Crippen molar-refractivity contribution in [1.82, 2.24) is 0 Å². The Hall–Kier alpha value is -1.29. The van der Waals surface area contributed by atoms with Crippen LogP contribution in [0.1, 0.15) is 0 Å². The maximum Gasteiger partial charge on any atom is 0.330 e. The van der Waals surface area contributed by atoms with Gasteiger partial charge < -0.3 is 0 Å². The fraction of sp³-hybridized carbons (Fsp3) is 0.125. The summed E-state index contributed by atoms with van der Waals surface area (Å²) in [5.41, 5.74) is 1.40. The predicted octanol–water partition coefficient (Wildman–Crippen LogP) is 1.19. The number of quaternary nitrogens is 1. The van der Waals surface area contributed by atoms with Gasteiger partial charge in [-0.2, -0.15) is 13.8 Å². The Morgan fingerprint density at radius 2 is 2.00 bits per heavy atom. The molecular weight excluding hydrogens is 162 g/mol. The lowest BCUT2D eigenvalue weighted by molar-refractivity contribution is -0.446. The molecule has 12 heavy (non-hydrogen) atoms. The molecule has 1 aliphatic rings. The molecule has 0 fully saturated rings. The number of aliphatic imine (C=N–C) groups is 1. The first-order valence-electron chi connectivity index (χ1n) is 3.58. The molecule has 2 nitrogen and oxygen atoms in total. The molecule has 0 saturated carbocycles. The van der Waals surface area contributed by atoms with Crippen molar-refractivity contribution < 1.29 is 14.1 Å². The first kappa shape index (κ1) is 7.36. The van der Waals surface area contributed by atoms with Crippen molar-refractivity contribution in [2.45, 2.75) is 6.43 Å². The monoisotopic (exact) mass is 169 g/mol. The largest absolute Gasteiger partial charge is 0.330 e. The summed E-state index contributed by atoms with van der Waals surface area (Å²) >= 11 is 0. The van der Waals surface area contributed by atoms with E-state index in [4.69, 9.17) is 0 Å². The van der Waals surface area contributed by atoms with Gasteiger partial charge >= 0.3 is 6.43 Å². The Morgan fingerprint density at radius 3 is 2.67 bits per heavy atom. The lowest BCUT2D eigenvalue weighted by Gasteiger charge is -1.92. The lowest BCUT2D eigenvalue weighted by atomic mass is 10.3. The zero-order valence-corrected chi connectivity index (χ0v) is 6.17. The normalized spacial score (nSPS) is 14.8. The van der Waals surface area contributed by atoms with E-state index in [1.807, 2.05) is 0 Å². The molecule has 1 aliphatic heterocycles. The standard InChI is InChI=1S/C8H6F2N2/c9-7(10)8-11-5-3-1-2-4-6(5)12-8/h1-4,7H,(H,11,12)/p+1. The summed E-state index contributed by atoms with van der Waals surface area (Å²) in [6, 6.07) is 7.08. The van der Waals surface area contributed by atoms with Gasteiger partial charge in [0, 0.05) is 6.07 Å². The van der Waals surface area contributed by atoms with Crippen molar-refractivity contribution in [3.63, 3.8) is 0 Å². The summed E-state index contributed by atoms with van der Waals surface area (Å²) in [5, 5.41) is 1.42. The summed E-state index contributed by atoms with van der Waals surface area (Å²) in [6.45, 7) is 0. The fourth-order valence-electron chi connectivity index (χ4n) is 1.15. The molecule has 1 heterocycles. The van der Waals surface area contributed by atoms with Crippen molar-refractivity contribution in [1.29, 1.82) is 0 Å². The zero-order chi connectivity index (χ0) is 8.55. The summed E-state index contributed by atoms with van der Waals surface area (Å²) in [6.07, 6.45) is -2.47. The maximum absolute atomic E-state index is 12.1. The topological polar surface area (TPSA) is 29.0 Å². The third-order valence-corrected chi connectivity index (χ3v) is 1.71. The van der Waals surface area contributed by atoms with Crippen LogP contribution in [0.4, 0.5) is 20.2 Å². The molecule has 0 radical (unpaired) electrons. The highest BCUT2D eigenvalue weighted by molar-refractivity contribution is 5.86. The molecule has 0 unspecified atom stereocenters. The van der Waals surface area contributed by atoms with Gasteiger partial charge in [0.05, 0.1) is 0 Å². The minimum atomic E-state index is -2.47. The molecule has 62 valence electrons. The first-order valence-corrected chi connectivity index (χ1v) is 3.58. The van der Waals surface area contributed by atoms with E-state index in [9.17, 15) is 8.78 Å². The number of nitrogens with zero attached hydrogens (tertiary/aromatic N) is 1. The van der Waals surface area contributed by atoms with Gasteiger partial charge in [-0.3, -0.25) is 5.32 Å². The molecule has 4 heteroatoms. The minimum absolute atomic E-state index is 0.142. The quantitative estimate of drug-likeness (QED) is 0.612. The van der Waals surface area contributed by atoms with Crippen LogP contribution in [0, 0.1) is 0 Å². The molecule has 0 spiro atoms.